The molecule has 2 aliphatic rings. The molecule has 0 aliphatic carbocycles. The number of rotatable bonds is 3. The molecule has 0 radical (unpaired) electrons. The number of piperidine rings is 2. The molecule has 6 heteroatoms. The van der Waals surface area contributed by atoms with Crippen LogP contribution in [0, 0.1) is 6.92 Å². The number of benzene rings is 1. The number of carbonyl (C=O) groups excluding carboxylic acids is 1. The van der Waals surface area contributed by atoms with Crippen molar-refractivity contribution in [3.8, 4) is 0 Å². The third kappa shape index (κ3) is 4.14. The highest BCUT2D eigenvalue weighted by atomic mass is 35.5. The van der Waals surface area contributed by atoms with Crippen molar-refractivity contribution in [2.24, 2.45) is 0 Å². The zero-order valence-corrected chi connectivity index (χ0v) is 17.2. The van der Waals surface area contributed by atoms with E-state index in [2.05, 4.69) is 22.0 Å². The van der Waals surface area contributed by atoms with Gasteiger partial charge in [-0.15, -0.1) is 0 Å². The maximum absolute atomic E-state index is 12.8. The molecule has 2 aliphatic heterocycles. The van der Waals surface area contributed by atoms with E-state index in [-0.39, 0.29) is 11.8 Å². The van der Waals surface area contributed by atoms with Crippen LogP contribution in [0.3, 0.4) is 0 Å². The van der Waals surface area contributed by atoms with Gasteiger partial charge in [-0.25, -0.2) is 9.97 Å². The van der Waals surface area contributed by atoms with Crippen molar-refractivity contribution in [1.29, 1.82) is 0 Å². The Balaban J connectivity index is 1.48. The van der Waals surface area contributed by atoms with Crippen molar-refractivity contribution in [2.75, 3.05) is 31.1 Å². The van der Waals surface area contributed by atoms with Crippen molar-refractivity contribution in [3.05, 3.63) is 52.6 Å². The fourth-order valence-electron chi connectivity index (χ4n) is 4.23. The molecule has 2 aromatic rings. The summed E-state index contributed by atoms with van der Waals surface area (Å²) in [5, 5.41) is 0.755. The summed E-state index contributed by atoms with van der Waals surface area (Å²) in [6, 6.07) is 8.00. The average Bonchev–Trinajstić information content (AvgIpc) is 2.74. The number of carbonyl (C=O) groups is 1. The van der Waals surface area contributed by atoms with Gasteiger partial charge in [0.25, 0.3) is 5.91 Å². The van der Waals surface area contributed by atoms with E-state index in [0.29, 0.717) is 5.56 Å². The molecule has 2 fully saturated rings. The van der Waals surface area contributed by atoms with Crippen LogP contribution in [0.5, 0.6) is 0 Å². The lowest BCUT2D eigenvalue weighted by Crippen LogP contribution is -2.37. The van der Waals surface area contributed by atoms with Crippen LogP contribution in [-0.2, 0) is 0 Å². The van der Waals surface area contributed by atoms with Gasteiger partial charge in [-0.2, -0.15) is 0 Å². The SMILES string of the molecule is Cc1nc(C2CCCN(c3ccc(Cl)cc3)C2)ncc1C(=O)N1CCCCC1. The summed E-state index contributed by atoms with van der Waals surface area (Å²) in [6.07, 6.45) is 7.31. The Morgan fingerprint density at radius 3 is 2.54 bits per heavy atom. The maximum Gasteiger partial charge on any atom is 0.257 e. The third-order valence-corrected chi connectivity index (χ3v) is 6.10. The van der Waals surface area contributed by atoms with Crippen molar-refractivity contribution < 1.29 is 4.79 Å². The number of amides is 1. The van der Waals surface area contributed by atoms with Crippen LogP contribution in [0.4, 0.5) is 5.69 Å². The zero-order chi connectivity index (χ0) is 19.5. The number of halogens is 1. The summed E-state index contributed by atoms with van der Waals surface area (Å²) in [4.78, 5) is 26.5. The number of hydrogen-bond acceptors (Lipinski definition) is 4. The smallest absolute Gasteiger partial charge is 0.257 e. The van der Waals surface area contributed by atoms with Gasteiger partial charge in [-0.3, -0.25) is 4.79 Å². The van der Waals surface area contributed by atoms with Crippen molar-refractivity contribution >= 4 is 23.2 Å². The summed E-state index contributed by atoms with van der Waals surface area (Å²) >= 11 is 6.02. The minimum absolute atomic E-state index is 0.0789. The van der Waals surface area contributed by atoms with E-state index in [1.54, 1.807) is 6.20 Å². The predicted molar refractivity (Wildman–Crippen MR) is 112 cm³/mol. The number of hydrogen-bond donors (Lipinski definition) is 0. The average molecular weight is 399 g/mol. The standard InChI is InChI=1S/C22H27ClN4O/c1-16-20(22(28)26-11-3-2-4-12-26)14-24-21(25-16)17-6-5-13-27(15-17)19-9-7-18(23)8-10-19/h7-10,14,17H,2-6,11-13,15H2,1H3. The molecule has 28 heavy (non-hydrogen) atoms. The van der Waals surface area contributed by atoms with E-state index in [1.165, 1.54) is 12.1 Å². The molecule has 1 unspecified atom stereocenters. The van der Waals surface area contributed by atoms with Crippen LogP contribution in [0.2, 0.25) is 5.02 Å². The maximum atomic E-state index is 12.8. The fraction of sp³-hybridized carbons (Fsp3) is 0.500. The second kappa shape index (κ2) is 8.48. The van der Waals surface area contributed by atoms with Gasteiger partial charge >= 0.3 is 0 Å². The Kier molecular flexibility index (Phi) is 5.81. The molecule has 0 bridgehead atoms. The minimum Gasteiger partial charge on any atom is -0.371 e. The van der Waals surface area contributed by atoms with Crippen LogP contribution in [0.25, 0.3) is 0 Å². The van der Waals surface area contributed by atoms with Crippen LogP contribution < -0.4 is 4.90 Å². The van der Waals surface area contributed by atoms with E-state index in [9.17, 15) is 4.79 Å². The predicted octanol–water partition coefficient (Wildman–Crippen LogP) is 4.45. The van der Waals surface area contributed by atoms with E-state index in [4.69, 9.17) is 16.6 Å². The van der Waals surface area contributed by atoms with Crippen LogP contribution in [0.15, 0.2) is 30.5 Å². The fourth-order valence-corrected chi connectivity index (χ4v) is 4.36. The van der Waals surface area contributed by atoms with Crippen molar-refractivity contribution in [2.45, 2.75) is 44.9 Å². The second-order valence-electron chi connectivity index (χ2n) is 7.84. The summed E-state index contributed by atoms with van der Waals surface area (Å²) in [5.41, 5.74) is 2.63. The topological polar surface area (TPSA) is 49.3 Å². The molecule has 5 nitrogen and oxygen atoms in total. The number of likely N-dealkylation sites (tertiary alicyclic amines) is 1. The lowest BCUT2D eigenvalue weighted by Gasteiger charge is -2.34. The second-order valence-corrected chi connectivity index (χ2v) is 8.28. The first-order valence-electron chi connectivity index (χ1n) is 10.2. The number of aryl methyl sites for hydroxylation is 1. The molecule has 1 amide bonds. The zero-order valence-electron chi connectivity index (χ0n) is 16.4. The summed E-state index contributed by atoms with van der Waals surface area (Å²) in [7, 11) is 0. The highest BCUT2D eigenvalue weighted by Gasteiger charge is 2.26. The van der Waals surface area contributed by atoms with E-state index in [1.807, 2.05) is 24.0 Å². The lowest BCUT2D eigenvalue weighted by molar-refractivity contribution is 0.0722. The van der Waals surface area contributed by atoms with Gasteiger partial charge in [0, 0.05) is 49.0 Å². The molecule has 3 heterocycles. The number of aromatic nitrogens is 2. The van der Waals surface area contributed by atoms with Gasteiger partial charge in [-0.05, 0) is 63.3 Å². The molecule has 2 saturated heterocycles. The monoisotopic (exact) mass is 398 g/mol. The molecule has 1 aromatic heterocycles. The van der Waals surface area contributed by atoms with Gasteiger partial charge in [0.15, 0.2) is 0 Å². The normalized spacial score (nSPS) is 20.3. The van der Waals surface area contributed by atoms with Crippen LogP contribution in [-0.4, -0.2) is 47.0 Å². The quantitative estimate of drug-likeness (QED) is 0.766. The molecule has 1 aromatic carbocycles. The molecule has 0 N–H and O–H groups in total. The third-order valence-electron chi connectivity index (χ3n) is 5.85. The lowest BCUT2D eigenvalue weighted by atomic mass is 9.96. The first-order chi connectivity index (χ1) is 13.6. The molecule has 148 valence electrons. The van der Waals surface area contributed by atoms with E-state index in [0.717, 1.165) is 68.4 Å². The van der Waals surface area contributed by atoms with Crippen molar-refractivity contribution in [1.82, 2.24) is 14.9 Å². The first kappa shape index (κ1) is 19.2. The van der Waals surface area contributed by atoms with Gasteiger partial charge < -0.3 is 9.80 Å². The van der Waals surface area contributed by atoms with Crippen LogP contribution in [0.1, 0.15) is 59.9 Å². The first-order valence-corrected chi connectivity index (χ1v) is 10.6. The molecule has 4 rings (SSSR count). The largest absolute Gasteiger partial charge is 0.371 e. The Hall–Kier alpha value is -2.14. The van der Waals surface area contributed by atoms with Gasteiger partial charge in [0.1, 0.15) is 5.82 Å². The molecular weight excluding hydrogens is 372 g/mol. The highest BCUT2D eigenvalue weighted by molar-refractivity contribution is 6.30. The van der Waals surface area contributed by atoms with Gasteiger partial charge in [0.05, 0.1) is 11.3 Å². The molecule has 0 saturated carbocycles. The van der Waals surface area contributed by atoms with Gasteiger partial charge in [-0.1, -0.05) is 11.6 Å². The number of anilines is 1. The molecular formula is C22H27ClN4O. The minimum atomic E-state index is 0.0789. The Morgan fingerprint density at radius 2 is 1.82 bits per heavy atom. The van der Waals surface area contributed by atoms with E-state index >= 15 is 0 Å². The summed E-state index contributed by atoms with van der Waals surface area (Å²) in [6.45, 7) is 5.54. The Labute approximate surface area is 171 Å². The van der Waals surface area contributed by atoms with Crippen LogP contribution >= 0.6 is 11.6 Å². The van der Waals surface area contributed by atoms with Gasteiger partial charge in [0.2, 0.25) is 0 Å². The summed E-state index contributed by atoms with van der Waals surface area (Å²) in [5.74, 6) is 1.21. The Bertz CT molecular complexity index is 833. The van der Waals surface area contributed by atoms with E-state index < -0.39 is 0 Å². The molecule has 1 atom stereocenters. The number of nitrogens with zero attached hydrogens (tertiary/aromatic N) is 4. The highest BCUT2D eigenvalue weighted by Crippen LogP contribution is 2.29. The summed E-state index contributed by atoms with van der Waals surface area (Å²) < 4.78 is 0. The Morgan fingerprint density at radius 1 is 1.07 bits per heavy atom. The molecule has 0 spiro atoms. The van der Waals surface area contributed by atoms with Crippen molar-refractivity contribution in [3.63, 3.8) is 0 Å².